The molecule has 13 nitrogen and oxygen atoms in total. The lowest BCUT2D eigenvalue weighted by molar-refractivity contribution is -0.140. The number of nitrogens with two attached hydrogens (primary N) is 2. The number of carboxylic acid groups (broad SMARTS) is 4. The van der Waals surface area contributed by atoms with Crippen LogP contribution in [-0.2, 0) is 32.0 Å². The topological polar surface area (TPSA) is 246 Å². The summed E-state index contributed by atoms with van der Waals surface area (Å²) in [4.78, 5) is 50.1. The lowest BCUT2D eigenvalue weighted by Gasteiger charge is -2.04. The van der Waals surface area contributed by atoms with Crippen LogP contribution in [0.1, 0.15) is 30.5 Å². The molecule has 1 aromatic carbocycles. The SMILES string of the molecule is N[C@@H](Cc1c[nH]c2ccccc12)C(=O)O.N[C@@H](Cc1c[nH]cn1)C(=O)O.O=C(O)CCCC(=O)O. The molecule has 190 valence electrons. The summed E-state index contributed by atoms with van der Waals surface area (Å²) in [6.45, 7) is 0. The molecule has 13 heteroatoms. The van der Waals surface area contributed by atoms with E-state index in [-0.39, 0.29) is 25.7 Å². The van der Waals surface area contributed by atoms with Crippen molar-refractivity contribution in [2.45, 2.75) is 44.2 Å². The third-order valence-corrected chi connectivity index (χ3v) is 4.51. The normalized spacial score (nSPS) is 11.8. The maximum absolute atomic E-state index is 10.6. The highest BCUT2D eigenvalue weighted by atomic mass is 16.4. The van der Waals surface area contributed by atoms with E-state index in [1.54, 1.807) is 6.20 Å². The van der Waals surface area contributed by atoms with Crippen LogP contribution >= 0.6 is 0 Å². The Morgan fingerprint density at radius 3 is 1.94 bits per heavy atom. The van der Waals surface area contributed by atoms with Crippen LogP contribution in [0.15, 0.2) is 43.0 Å². The number of nitrogens with zero attached hydrogens (tertiary/aromatic N) is 1. The molecule has 2 atom stereocenters. The number of H-pyrrole nitrogens is 2. The van der Waals surface area contributed by atoms with Crippen molar-refractivity contribution < 1.29 is 39.6 Å². The molecular weight excluding hydrogens is 462 g/mol. The summed E-state index contributed by atoms with van der Waals surface area (Å²) in [5.41, 5.74) is 13.4. The van der Waals surface area contributed by atoms with Crippen LogP contribution in [0.4, 0.5) is 0 Å². The maximum Gasteiger partial charge on any atom is 0.320 e. The fraction of sp³-hybridized carbons (Fsp3) is 0.318. The minimum Gasteiger partial charge on any atom is -0.481 e. The van der Waals surface area contributed by atoms with Gasteiger partial charge in [0.05, 0.1) is 12.0 Å². The van der Waals surface area contributed by atoms with Crippen LogP contribution in [0.25, 0.3) is 10.9 Å². The highest BCUT2D eigenvalue weighted by Crippen LogP contribution is 2.18. The largest absolute Gasteiger partial charge is 0.481 e. The van der Waals surface area contributed by atoms with E-state index in [1.165, 1.54) is 6.33 Å². The van der Waals surface area contributed by atoms with Gasteiger partial charge in [-0.05, 0) is 18.1 Å². The summed E-state index contributed by atoms with van der Waals surface area (Å²) < 4.78 is 0. The first-order valence-corrected chi connectivity index (χ1v) is 10.4. The van der Waals surface area contributed by atoms with Crippen LogP contribution in [-0.4, -0.2) is 71.3 Å². The number of aromatic nitrogens is 3. The molecule has 0 aliphatic heterocycles. The molecule has 2 aromatic heterocycles. The number of carbonyl (C=O) groups is 4. The number of rotatable bonds is 10. The number of hydrogen-bond donors (Lipinski definition) is 8. The van der Waals surface area contributed by atoms with Gasteiger partial charge in [0.2, 0.25) is 0 Å². The smallest absolute Gasteiger partial charge is 0.320 e. The van der Waals surface area contributed by atoms with Crippen molar-refractivity contribution in [2.24, 2.45) is 11.5 Å². The van der Waals surface area contributed by atoms with Gasteiger partial charge < -0.3 is 41.9 Å². The van der Waals surface area contributed by atoms with E-state index in [1.807, 2.05) is 30.5 Å². The van der Waals surface area contributed by atoms with Crippen molar-refractivity contribution in [1.82, 2.24) is 15.0 Å². The molecule has 0 amide bonds. The van der Waals surface area contributed by atoms with Crippen molar-refractivity contribution in [3.63, 3.8) is 0 Å². The zero-order valence-electron chi connectivity index (χ0n) is 18.8. The number of hydrogen-bond acceptors (Lipinski definition) is 7. The predicted octanol–water partition coefficient (Wildman–Crippen LogP) is 0.812. The maximum atomic E-state index is 10.6. The Kier molecular flexibility index (Phi) is 12.2. The first-order valence-electron chi connectivity index (χ1n) is 10.4. The van der Waals surface area contributed by atoms with Gasteiger partial charge in [0, 0.05) is 49.0 Å². The van der Waals surface area contributed by atoms with E-state index in [9.17, 15) is 19.2 Å². The second kappa shape index (κ2) is 14.8. The van der Waals surface area contributed by atoms with Gasteiger partial charge in [0.1, 0.15) is 12.1 Å². The number of aliphatic carboxylic acids is 4. The second-order valence-corrected chi connectivity index (χ2v) is 7.36. The average Bonchev–Trinajstić information content (AvgIpc) is 3.44. The monoisotopic (exact) mass is 491 g/mol. The molecular formula is C22H29N5O8. The summed E-state index contributed by atoms with van der Waals surface area (Å²) >= 11 is 0. The average molecular weight is 492 g/mol. The molecule has 2 heterocycles. The zero-order valence-corrected chi connectivity index (χ0v) is 18.8. The summed E-state index contributed by atoms with van der Waals surface area (Å²) in [5, 5.41) is 34.2. The number of nitrogens with one attached hydrogen (secondary N) is 2. The van der Waals surface area contributed by atoms with Gasteiger partial charge in [-0.25, -0.2) is 4.98 Å². The molecule has 0 radical (unpaired) electrons. The fourth-order valence-electron chi connectivity index (χ4n) is 2.73. The first kappa shape index (κ1) is 28.8. The van der Waals surface area contributed by atoms with E-state index in [0.29, 0.717) is 12.1 Å². The molecule has 0 saturated heterocycles. The highest BCUT2D eigenvalue weighted by Gasteiger charge is 2.14. The van der Waals surface area contributed by atoms with Crippen LogP contribution in [0.5, 0.6) is 0 Å². The Morgan fingerprint density at radius 1 is 0.857 bits per heavy atom. The van der Waals surface area contributed by atoms with Gasteiger partial charge in [-0.3, -0.25) is 19.2 Å². The van der Waals surface area contributed by atoms with Gasteiger partial charge in [0.15, 0.2) is 0 Å². The molecule has 0 bridgehead atoms. The summed E-state index contributed by atoms with van der Waals surface area (Å²) in [5.74, 6) is -3.87. The fourth-order valence-corrected chi connectivity index (χ4v) is 2.73. The van der Waals surface area contributed by atoms with E-state index >= 15 is 0 Å². The van der Waals surface area contributed by atoms with Crippen LogP contribution in [0.2, 0.25) is 0 Å². The van der Waals surface area contributed by atoms with E-state index in [0.717, 1.165) is 16.5 Å². The van der Waals surface area contributed by atoms with Crippen molar-refractivity contribution in [2.75, 3.05) is 0 Å². The third-order valence-electron chi connectivity index (χ3n) is 4.51. The van der Waals surface area contributed by atoms with E-state index < -0.39 is 36.0 Å². The van der Waals surface area contributed by atoms with Gasteiger partial charge in [0.25, 0.3) is 0 Å². The highest BCUT2D eigenvalue weighted by molar-refractivity contribution is 5.84. The lowest BCUT2D eigenvalue weighted by atomic mass is 10.1. The molecule has 0 saturated carbocycles. The summed E-state index contributed by atoms with van der Waals surface area (Å²) in [6.07, 6.45) is 5.63. The van der Waals surface area contributed by atoms with Gasteiger partial charge in [-0.15, -0.1) is 0 Å². The Bertz CT molecular complexity index is 1080. The predicted molar refractivity (Wildman–Crippen MR) is 125 cm³/mol. The number of carboxylic acids is 4. The van der Waals surface area contributed by atoms with Crippen molar-refractivity contribution >= 4 is 34.8 Å². The van der Waals surface area contributed by atoms with Gasteiger partial charge in [-0.1, -0.05) is 18.2 Å². The number of para-hydroxylation sites is 1. The third kappa shape index (κ3) is 11.5. The number of imidazole rings is 1. The molecule has 10 N–H and O–H groups in total. The van der Waals surface area contributed by atoms with Crippen LogP contribution in [0, 0.1) is 0 Å². The molecule has 3 rings (SSSR count). The van der Waals surface area contributed by atoms with Gasteiger partial charge >= 0.3 is 23.9 Å². The molecule has 0 aliphatic carbocycles. The van der Waals surface area contributed by atoms with Crippen molar-refractivity contribution in [3.05, 3.63) is 54.2 Å². The standard InChI is InChI=1S/C11H12N2O2.C6H9N3O2.C5H8O4/c12-9(11(14)15)5-7-6-13-10-4-2-1-3-8(7)10;7-5(6(10)11)1-4-2-8-3-9-4;6-4(7)2-1-3-5(8)9/h1-4,6,9,13H,5,12H2,(H,14,15);2-3,5H,1,7H2,(H,8,9)(H,10,11);1-3H2,(H,6,7)(H,8,9)/t9-;5-;/m00./s1. The molecule has 0 unspecified atom stereocenters. The minimum atomic E-state index is -1.01. The number of aromatic amines is 2. The first-order chi connectivity index (χ1) is 16.5. The molecule has 0 aliphatic rings. The van der Waals surface area contributed by atoms with Crippen LogP contribution in [0.3, 0.4) is 0 Å². The van der Waals surface area contributed by atoms with E-state index in [2.05, 4.69) is 15.0 Å². The second-order valence-electron chi connectivity index (χ2n) is 7.36. The quantitative estimate of drug-likeness (QED) is 0.197. The van der Waals surface area contributed by atoms with Crippen LogP contribution < -0.4 is 11.5 Å². The Hall–Kier alpha value is -4.23. The van der Waals surface area contributed by atoms with Crippen molar-refractivity contribution in [3.8, 4) is 0 Å². The molecule has 3 aromatic rings. The number of fused-ring (bicyclic) bond motifs is 1. The summed E-state index contributed by atoms with van der Waals surface area (Å²) in [7, 11) is 0. The molecule has 35 heavy (non-hydrogen) atoms. The Morgan fingerprint density at radius 2 is 1.43 bits per heavy atom. The van der Waals surface area contributed by atoms with Gasteiger partial charge in [-0.2, -0.15) is 0 Å². The lowest BCUT2D eigenvalue weighted by Crippen LogP contribution is -2.32. The van der Waals surface area contributed by atoms with E-state index in [4.69, 9.17) is 31.9 Å². The van der Waals surface area contributed by atoms with Crippen molar-refractivity contribution in [1.29, 1.82) is 0 Å². The Labute approximate surface area is 199 Å². The zero-order chi connectivity index (χ0) is 26.4. The Balaban J connectivity index is 0.000000274. The molecule has 0 fully saturated rings. The molecule has 0 spiro atoms. The minimum absolute atomic E-state index is 0.0632. The number of benzene rings is 1. The summed E-state index contributed by atoms with van der Waals surface area (Å²) in [6, 6.07) is 6.05.